The summed E-state index contributed by atoms with van der Waals surface area (Å²) in [6.45, 7) is 7.40. The van der Waals surface area contributed by atoms with Crippen LogP contribution < -0.4 is 0 Å². The lowest BCUT2D eigenvalue weighted by Crippen LogP contribution is -2.25. The number of unbranched alkanes of at least 4 members (excludes halogenated alkanes) is 2. The molecule has 0 N–H and O–H groups in total. The molecule has 0 aromatic heterocycles. The van der Waals surface area contributed by atoms with Gasteiger partial charge in [0, 0.05) is 26.1 Å². The molecule has 0 aromatic rings. The molecule has 142 valence electrons. The maximum Gasteiger partial charge on any atom is 0.342 e. The van der Waals surface area contributed by atoms with Crippen molar-refractivity contribution in [3.05, 3.63) is 0 Å². The molecule has 0 amide bonds. The lowest BCUT2D eigenvalue weighted by atomic mass is 10.2. The second kappa shape index (κ2) is 16.7. The van der Waals surface area contributed by atoms with Crippen LogP contribution in [0.3, 0.4) is 0 Å². The molecular weight excluding hydrogens is 316 g/mol. The second-order valence-corrected chi connectivity index (χ2v) is 5.28. The Kier molecular flexibility index (Phi) is 15.9. The predicted octanol–water partition coefficient (Wildman–Crippen LogP) is 3.15. The summed E-state index contributed by atoms with van der Waals surface area (Å²) in [5.74, 6) is -0.847. The standard InChI is InChI=1S/C17H32O7/c1-4-7-12-21-17(22-13-8-5-2)14-23-24-16(19)11-9-10-15(18)20-6-3/h17H,4-14H2,1-3H3. The Bertz CT molecular complexity index is 310. The summed E-state index contributed by atoms with van der Waals surface area (Å²) in [5, 5.41) is 0. The Balaban J connectivity index is 3.84. The lowest BCUT2D eigenvalue weighted by molar-refractivity contribution is -0.306. The molecule has 0 saturated carbocycles. The van der Waals surface area contributed by atoms with Gasteiger partial charge in [-0.15, -0.1) is 0 Å². The first-order valence-electron chi connectivity index (χ1n) is 8.85. The van der Waals surface area contributed by atoms with E-state index in [9.17, 15) is 9.59 Å². The van der Waals surface area contributed by atoms with Crippen LogP contribution in [0.25, 0.3) is 0 Å². The minimum atomic E-state index is -0.546. The highest BCUT2D eigenvalue weighted by atomic mass is 17.2. The Morgan fingerprint density at radius 2 is 1.42 bits per heavy atom. The van der Waals surface area contributed by atoms with E-state index in [1.54, 1.807) is 6.92 Å². The molecular formula is C17H32O7. The van der Waals surface area contributed by atoms with Gasteiger partial charge in [0.2, 0.25) is 0 Å². The van der Waals surface area contributed by atoms with Crippen LogP contribution in [0.4, 0.5) is 0 Å². The van der Waals surface area contributed by atoms with E-state index in [4.69, 9.17) is 19.1 Å². The summed E-state index contributed by atoms with van der Waals surface area (Å²) in [6.07, 6.45) is 4.02. The van der Waals surface area contributed by atoms with Gasteiger partial charge in [-0.05, 0) is 26.2 Å². The highest BCUT2D eigenvalue weighted by Crippen LogP contribution is 2.04. The minimum Gasteiger partial charge on any atom is -0.466 e. The molecule has 0 unspecified atom stereocenters. The van der Waals surface area contributed by atoms with E-state index < -0.39 is 12.3 Å². The third kappa shape index (κ3) is 14.4. The zero-order valence-electron chi connectivity index (χ0n) is 15.2. The summed E-state index contributed by atoms with van der Waals surface area (Å²) in [6, 6.07) is 0. The predicted molar refractivity (Wildman–Crippen MR) is 88.0 cm³/mol. The van der Waals surface area contributed by atoms with Crippen molar-refractivity contribution in [3.8, 4) is 0 Å². The van der Waals surface area contributed by atoms with Gasteiger partial charge in [0.25, 0.3) is 0 Å². The van der Waals surface area contributed by atoms with E-state index in [1.807, 2.05) is 0 Å². The first kappa shape index (κ1) is 22.8. The van der Waals surface area contributed by atoms with Crippen LogP contribution in [0.5, 0.6) is 0 Å². The van der Waals surface area contributed by atoms with Crippen molar-refractivity contribution in [2.75, 3.05) is 26.4 Å². The molecule has 0 saturated heterocycles. The molecule has 0 aliphatic rings. The number of carbonyl (C=O) groups is 2. The summed E-state index contributed by atoms with van der Waals surface area (Å²) >= 11 is 0. The Morgan fingerprint density at radius 1 is 0.833 bits per heavy atom. The molecule has 0 rings (SSSR count). The maximum atomic E-state index is 11.5. The molecule has 0 atom stereocenters. The highest BCUT2D eigenvalue weighted by Gasteiger charge is 2.13. The summed E-state index contributed by atoms with van der Waals surface area (Å²) in [7, 11) is 0. The van der Waals surface area contributed by atoms with Gasteiger partial charge in [-0.2, -0.15) is 4.89 Å². The monoisotopic (exact) mass is 348 g/mol. The summed E-state index contributed by atoms with van der Waals surface area (Å²) in [5.41, 5.74) is 0. The van der Waals surface area contributed by atoms with Crippen molar-refractivity contribution in [1.82, 2.24) is 0 Å². The third-order valence-electron chi connectivity index (χ3n) is 3.03. The van der Waals surface area contributed by atoms with Crippen LogP contribution in [-0.2, 0) is 33.6 Å². The van der Waals surface area contributed by atoms with Crippen LogP contribution in [0.15, 0.2) is 0 Å². The fourth-order valence-corrected chi connectivity index (χ4v) is 1.67. The second-order valence-electron chi connectivity index (χ2n) is 5.28. The van der Waals surface area contributed by atoms with Gasteiger partial charge in [-0.25, -0.2) is 4.79 Å². The van der Waals surface area contributed by atoms with Crippen molar-refractivity contribution in [1.29, 1.82) is 0 Å². The van der Waals surface area contributed by atoms with Crippen molar-refractivity contribution in [2.24, 2.45) is 0 Å². The lowest BCUT2D eigenvalue weighted by Gasteiger charge is -2.17. The fourth-order valence-electron chi connectivity index (χ4n) is 1.67. The van der Waals surface area contributed by atoms with Crippen LogP contribution in [0.2, 0.25) is 0 Å². The van der Waals surface area contributed by atoms with Crippen LogP contribution in [-0.4, -0.2) is 44.7 Å². The van der Waals surface area contributed by atoms with Crippen molar-refractivity contribution < 1.29 is 33.6 Å². The quantitative estimate of drug-likeness (QED) is 0.139. The van der Waals surface area contributed by atoms with E-state index in [-0.39, 0.29) is 25.4 Å². The van der Waals surface area contributed by atoms with Gasteiger partial charge in [0.05, 0.1) is 6.61 Å². The topological polar surface area (TPSA) is 80.3 Å². The Morgan fingerprint density at radius 3 is 1.96 bits per heavy atom. The molecule has 0 bridgehead atoms. The van der Waals surface area contributed by atoms with Crippen molar-refractivity contribution in [3.63, 3.8) is 0 Å². The van der Waals surface area contributed by atoms with Gasteiger partial charge < -0.3 is 14.2 Å². The first-order valence-corrected chi connectivity index (χ1v) is 8.85. The van der Waals surface area contributed by atoms with Gasteiger partial charge in [-0.1, -0.05) is 26.7 Å². The van der Waals surface area contributed by atoms with Crippen molar-refractivity contribution in [2.45, 2.75) is 72.0 Å². The highest BCUT2D eigenvalue weighted by molar-refractivity contribution is 5.72. The molecule has 0 fully saturated rings. The normalized spacial score (nSPS) is 10.8. The zero-order chi connectivity index (χ0) is 18.0. The van der Waals surface area contributed by atoms with E-state index in [2.05, 4.69) is 18.7 Å². The maximum absolute atomic E-state index is 11.5. The number of esters is 1. The Labute approximate surface area is 144 Å². The molecule has 0 spiro atoms. The van der Waals surface area contributed by atoms with Gasteiger partial charge in [0.1, 0.15) is 6.61 Å². The average Bonchev–Trinajstić information content (AvgIpc) is 2.55. The van der Waals surface area contributed by atoms with Crippen molar-refractivity contribution >= 4 is 11.9 Å². The molecule has 7 heteroatoms. The fraction of sp³-hybridized carbons (Fsp3) is 0.882. The number of hydrogen-bond acceptors (Lipinski definition) is 7. The van der Waals surface area contributed by atoms with Crippen LogP contribution in [0, 0.1) is 0 Å². The molecule has 0 aromatic carbocycles. The van der Waals surface area contributed by atoms with Crippen LogP contribution in [0.1, 0.15) is 65.7 Å². The molecule has 0 aliphatic carbocycles. The van der Waals surface area contributed by atoms with E-state index >= 15 is 0 Å². The minimum absolute atomic E-state index is 0.0248. The smallest absolute Gasteiger partial charge is 0.342 e. The Hall–Kier alpha value is -1.18. The largest absolute Gasteiger partial charge is 0.466 e. The molecule has 0 radical (unpaired) electrons. The van der Waals surface area contributed by atoms with Gasteiger partial charge in [-0.3, -0.25) is 9.68 Å². The number of rotatable bonds is 16. The third-order valence-corrected chi connectivity index (χ3v) is 3.03. The van der Waals surface area contributed by atoms with Crippen LogP contribution >= 0.6 is 0 Å². The van der Waals surface area contributed by atoms with Gasteiger partial charge >= 0.3 is 11.9 Å². The first-order chi connectivity index (χ1) is 11.6. The average molecular weight is 348 g/mol. The molecule has 24 heavy (non-hydrogen) atoms. The van der Waals surface area contributed by atoms with E-state index in [0.29, 0.717) is 26.2 Å². The van der Waals surface area contributed by atoms with E-state index in [0.717, 1.165) is 25.7 Å². The van der Waals surface area contributed by atoms with E-state index in [1.165, 1.54) is 0 Å². The molecule has 0 aliphatic heterocycles. The molecule has 7 nitrogen and oxygen atoms in total. The number of hydrogen-bond donors (Lipinski definition) is 0. The van der Waals surface area contributed by atoms with Gasteiger partial charge in [0.15, 0.2) is 6.29 Å². The SMILES string of the molecule is CCCCOC(COOC(=O)CCCC(=O)OCC)OCCCC. The number of ether oxygens (including phenoxy) is 3. The summed E-state index contributed by atoms with van der Waals surface area (Å²) < 4.78 is 15.9. The number of carbonyl (C=O) groups excluding carboxylic acids is 2. The summed E-state index contributed by atoms with van der Waals surface area (Å²) in [4.78, 5) is 32.2. The molecule has 0 heterocycles. The zero-order valence-corrected chi connectivity index (χ0v) is 15.2.